The molecule has 1 aliphatic rings. The summed E-state index contributed by atoms with van der Waals surface area (Å²) in [5, 5.41) is 4.88. The Morgan fingerprint density at radius 3 is 2.62 bits per heavy atom. The van der Waals surface area contributed by atoms with Gasteiger partial charge in [-0.3, -0.25) is 20.3 Å². The Morgan fingerprint density at radius 2 is 1.96 bits per heavy atom. The highest BCUT2D eigenvalue weighted by Crippen LogP contribution is 2.28. The van der Waals surface area contributed by atoms with Crippen molar-refractivity contribution in [3.05, 3.63) is 29.8 Å². The predicted octanol–water partition coefficient (Wildman–Crippen LogP) is -0.633. The average Bonchev–Trinajstić information content (AvgIpc) is 3.47. The summed E-state index contributed by atoms with van der Waals surface area (Å²) in [4.78, 5) is 38.5. The van der Waals surface area contributed by atoms with Gasteiger partial charge >= 0.3 is 6.03 Å². The molecule has 0 aliphatic heterocycles. The zero-order valence-electron chi connectivity index (χ0n) is 14.4. The highest BCUT2D eigenvalue weighted by Gasteiger charge is 2.30. The van der Waals surface area contributed by atoms with Gasteiger partial charge in [-0.1, -0.05) is 18.2 Å². The van der Waals surface area contributed by atoms with E-state index in [1.807, 2.05) is 18.2 Å². The number of nitrogens with zero attached hydrogens (tertiary/aromatic N) is 1. The van der Waals surface area contributed by atoms with Crippen LogP contribution >= 0.6 is 0 Å². The van der Waals surface area contributed by atoms with Crippen LogP contribution in [0, 0.1) is 5.92 Å². The van der Waals surface area contributed by atoms with Crippen LogP contribution in [0.2, 0.25) is 0 Å². The van der Waals surface area contributed by atoms with Gasteiger partial charge in [0.2, 0.25) is 17.8 Å². The molecular formula is C16H22N6O4. The molecule has 26 heavy (non-hydrogen) atoms. The van der Waals surface area contributed by atoms with Gasteiger partial charge in [0.25, 0.3) is 0 Å². The first-order valence-electron chi connectivity index (χ1n) is 8.05. The lowest BCUT2D eigenvalue weighted by molar-refractivity contribution is -0.121. The maximum atomic E-state index is 12.0. The highest BCUT2D eigenvalue weighted by atomic mass is 16.5. The molecule has 1 aromatic rings. The standard InChI is InChI=1S/C16H22N6O4/c1-26-12-5-3-2-4-11(12)8-18-15(20-14(24)10-6-7-10)21-22-16(25)19-9-13(17)23/h2-5,10H,6-9H2,1H3,(H2,17,23)(H2,19,22,25)(H2,18,20,21,24). The smallest absolute Gasteiger partial charge is 0.333 e. The second-order valence-corrected chi connectivity index (χ2v) is 5.64. The van der Waals surface area contributed by atoms with E-state index in [4.69, 9.17) is 10.5 Å². The summed E-state index contributed by atoms with van der Waals surface area (Å²) in [7, 11) is 1.56. The van der Waals surface area contributed by atoms with Crippen molar-refractivity contribution in [3.8, 4) is 5.75 Å². The molecule has 1 aliphatic carbocycles. The first kappa shape index (κ1) is 19.0. The lowest BCUT2D eigenvalue weighted by Crippen LogP contribution is -2.53. The Kier molecular flexibility index (Phi) is 6.77. The van der Waals surface area contributed by atoms with Crippen LogP contribution in [-0.4, -0.2) is 37.5 Å². The van der Waals surface area contributed by atoms with Gasteiger partial charge in [0.15, 0.2) is 0 Å². The minimum Gasteiger partial charge on any atom is -0.496 e. The van der Waals surface area contributed by atoms with Crippen LogP contribution in [0.25, 0.3) is 0 Å². The fraction of sp³-hybridized carbons (Fsp3) is 0.375. The number of guanidine groups is 1. The normalized spacial score (nSPS) is 13.5. The summed E-state index contributed by atoms with van der Waals surface area (Å²) >= 11 is 0. The van der Waals surface area contributed by atoms with E-state index in [9.17, 15) is 14.4 Å². The molecule has 0 bridgehead atoms. The van der Waals surface area contributed by atoms with Crippen molar-refractivity contribution in [1.82, 2.24) is 21.5 Å². The Bertz CT molecular complexity index is 702. The van der Waals surface area contributed by atoms with E-state index in [1.165, 1.54) is 0 Å². The van der Waals surface area contributed by atoms with Gasteiger partial charge in [0, 0.05) is 11.5 Å². The number of hydrogen-bond acceptors (Lipinski definition) is 5. The van der Waals surface area contributed by atoms with Gasteiger partial charge in [0.05, 0.1) is 20.2 Å². The summed E-state index contributed by atoms with van der Waals surface area (Å²) in [6.45, 7) is -0.0858. The first-order chi connectivity index (χ1) is 12.5. The van der Waals surface area contributed by atoms with Crippen molar-refractivity contribution in [2.24, 2.45) is 16.6 Å². The third kappa shape index (κ3) is 6.30. The minimum absolute atomic E-state index is 0.0306. The molecule has 0 radical (unpaired) electrons. The van der Waals surface area contributed by atoms with Crippen molar-refractivity contribution in [2.45, 2.75) is 19.4 Å². The molecule has 140 valence electrons. The summed E-state index contributed by atoms with van der Waals surface area (Å²) in [5.74, 6) is -0.127. The van der Waals surface area contributed by atoms with Crippen LogP contribution in [0.4, 0.5) is 4.79 Å². The Labute approximate surface area is 150 Å². The minimum atomic E-state index is -0.686. The van der Waals surface area contributed by atoms with Gasteiger partial charge in [-0.15, -0.1) is 0 Å². The molecule has 1 aromatic carbocycles. The van der Waals surface area contributed by atoms with E-state index in [2.05, 4.69) is 26.5 Å². The zero-order valence-corrected chi connectivity index (χ0v) is 14.4. The number of rotatable bonds is 6. The summed E-state index contributed by atoms with van der Waals surface area (Å²) in [5.41, 5.74) is 10.6. The molecule has 0 unspecified atom stereocenters. The lowest BCUT2D eigenvalue weighted by atomic mass is 10.2. The molecule has 10 heteroatoms. The molecule has 0 heterocycles. The number of carbonyl (C=O) groups is 3. The van der Waals surface area contributed by atoms with E-state index >= 15 is 0 Å². The summed E-state index contributed by atoms with van der Waals surface area (Å²) in [6.07, 6.45) is 1.66. The fourth-order valence-electron chi connectivity index (χ4n) is 2.00. The fourth-order valence-corrected chi connectivity index (χ4v) is 2.00. The van der Waals surface area contributed by atoms with Gasteiger partial charge in [0.1, 0.15) is 5.75 Å². The molecular weight excluding hydrogens is 340 g/mol. The first-order valence-corrected chi connectivity index (χ1v) is 8.05. The maximum Gasteiger partial charge on any atom is 0.333 e. The number of benzene rings is 1. The molecule has 6 N–H and O–H groups in total. The van der Waals surface area contributed by atoms with Gasteiger partial charge in [-0.05, 0) is 18.9 Å². The summed E-state index contributed by atoms with van der Waals surface area (Å²) < 4.78 is 5.26. The zero-order chi connectivity index (χ0) is 18.9. The number of hydrogen-bond donors (Lipinski definition) is 5. The van der Waals surface area contributed by atoms with Crippen LogP contribution in [0.1, 0.15) is 18.4 Å². The van der Waals surface area contributed by atoms with Crippen LogP contribution < -0.4 is 32.0 Å². The van der Waals surface area contributed by atoms with Gasteiger partial charge in [-0.25, -0.2) is 15.2 Å². The molecule has 0 saturated heterocycles. The molecule has 4 amide bonds. The van der Waals surface area contributed by atoms with Crippen molar-refractivity contribution in [3.63, 3.8) is 0 Å². The number of aliphatic imine (C=N–C) groups is 1. The second-order valence-electron chi connectivity index (χ2n) is 5.64. The van der Waals surface area contributed by atoms with Gasteiger partial charge < -0.3 is 15.8 Å². The quantitative estimate of drug-likeness (QED) is 0.260. The molecule has 2 rings (SSSR count). The number of amides is 4. The van der Waals surface area contributed by atoms with Crippen LogP contribution in [0.15, 0.2) is 29.3 Å². The molecule has 0 spiro atoms. The number of hydrazine groups is 1. The third-order valence-corrected chi connectivity index (χ3v) is 3.51. The molecule has 1 fully saturated rings. The van der Waals surface area contributed by atoms with Crippen molar-refractivity contribution >= 4 is 23.8 Å². The number of primary amides is 1. The Balaban J connectivity index is 1.98. The average molecular weight is 362 g/mol. The SMILES string of the molecule is COc1ccccc1CN=C(NNC(=O)NCC(N)=O)NC(=O)C1CC1. The Morgan fingerprint density at radius 1 is 1.23 bits per heavy atom. The molecule has 0 aromatic heterocycles. The largest absolute Gasteiger partial charge is 0.496 e. The number of ether oxygens (including phenoxy) is 1. The number of nitrogens with one attached hydrogen (secondary N) is 4. The van der Waals surface area contributed by atoms with Crippen molar-refractivity contribution < 1.29 is 19.1 Å². The number of carbonyl (C=O) groups excluding carboxylic acids is 3. The van der Waals surface area contributed by atoms with E-state index in [0.717, 1.165) is 18.4 Å². The molecule has 10 nitrogen and oxygen atoms in total. The van der Waals surface area contributed by atoms with Crippen LogP contribution in [0.3, 0.4) is 0 Å². The molecule has 0 atom stereocenters. The van der Waals surface area contributed by atoms with E-state index in [1.54, 1.807) is 13.2 Å². The highest BCUT2D eigenvalue weighted by molar-refractivity contribution is 5.99. The molecule has 1 saturated carbocycles. The third-order valence-electron chi connectivity index (χ3n) is 3.51. The van der Waals surface area contributed by atoms with Crippen molar-refractivity contribution in [2.75, 3.05) is 13.7 Å². The Hall–Kier alpha value is -3.30. The van der Waals surface area contributed by atoms with Crippen LogP contribution in [-0.2, 0) is 16.1 Å². The second kappa shape index (κ2) is 9.25. The van der Waals surface area contributed by atoms with E-state index in [0.29, 0.717) is 5.75 Å². The number of urea groups is 1. The van der Waals surface area contributed by atoms with E-state index in [-0.39, 0.29) is 30.9 Å². The predicted molar refractivity (Wildman–Crippen MR) is 93.9 cm³/mol. The topological polar surface area (TPSA) is 147 Å². The van der Waals surface area contributed by atoms with Crippen LogP contribution in [0.5, 0.6) is 5.75 Å². The van der Waals surface area contributed by atoms with Gasteiger partial charge in [-0.2, -0.15) is 0 Å². The number of nitrogens with two attached hydrogens (primary N) is 1. The number of para-hydroxylation sites is 1. The monoisotopic (exact) mass is 362 g/mol. The van der Waals surface area contributed by atoms with Crippen molar-refractivity contribution in [1.29, 1.82) is 0 Å². The maximum absolute atomic E-state index is 12.0. The number of methoxy groups -OCH3 is 1. The summed E-state index contributed by atoms with van der Waals surface area (Å²) in [6, 6.07) is 6.64. The van der Waals surface area contributed by atoms with E-state index < -0.39 is 11.9 Å². The lowest BCUT2D eigenvalue weighted by Gasteiger charge is -2.13.